The zero-order valence-corrected chi connectivity index (χ0v) is 13.3. The smallest absolute Gasteiger partial charge is 0.243 e. The molecule has 0 aliphatic carbocycles. The van der Waals surface area contributed by atoms with Crippen LogP contribution in [0.1, 0.15) is 11.1 Å². The number of nitrogens with two attached hydrogens (primary N) is 1. The molecule has 0 aliphatic heterocycles. The first-order valence-corrected chi connectivity index (χ1v) is 7.56. The molecular weight excluding hydrogens is 304 g/mol. The Kier molecular flexibility index (Phi) is 4.51. The van der Waals surface area contributed by atoms with Crippen LogP contribution in [0.3, 0.4) is 0 Å². The number of tetrazole rings is 1. The number of nitrogens with zero attached hydrogens (tertiary/aromatic N) is 4. The molecule has 0 spiro atoms. The maximum absolute atomic E-state index is 12.0. The standard InChI is InChI=1S/C17H18N6O/c1-12-2-4-13(5-3-12)10-19-16(24)11-23-21-17(20-22-23)14-6-8-15(18)9-7-14/h2-9H,10-11,18H2,1H3,(H,19,24). The Morgan fingerprint density at radius 3 is 2.54 bits per heavy atom. The van der Waals surface area contributed by atoms with E-state index >= 15 is 0 Å². The van der Waals surface area contributed by atoms with Crippen molar-refractivity contribution >= 4 is 11.6 Å². The fraction of sp³-hybridized carbons (Fsp3) is 0.176. The third-order valence-corrected chi connectivity index (χ3v) is 3.52. The minimum Gasteiger partial charge on any atom is -0.399 e. The van der Waals surface area contributed by atoms with E-state index in [0.717, 1.165) is 11.1 Å². The van der Waals surface area contributed by atoms with Gasteiger partial charge in [0, 0.05) is 17.8 Å². The van der Waals surface area contributed by atoms with Gasteiger partial charge >= 0.3 is 0 Å². The van der Waals surface area contributed by atoms with Crippen LogP contribution in [0, 0.1) is 6.92 Å². The van der Waals surface area contributed by atoms with Crippen LogP contribution in [0.5, 0.6) is 0 Å². The van der Waals surface area contributed by atoms with E-state index in [2.05, 4.69) is 20.7 Å². The summed E-state index contributed by atoms with van der Waals surface area (Å²) in [4.78, 5) is 13.3. The number of carbonyl (C=O) groups excluding carboxylic acids is 1. The molecule has 0 aliphatic rings. The molecule has 7 nitrogen and oxygen atoms in total. The van der Waals surface area contributed by atoms with Gasteiger partial charge in [0.15, 0.2) is 0 Å². The van der Waals surface area contributed by atoms with Gasteiger partial charge in [-0.15, -0.1) is 10.2 Å². The van der Waals surface area contributed by atoms with Crippen LogP contribution in [0.4, 0.5) is 5.69 Å². The number of nitrogen functional groups attached to an aromatic ring is 1. The summed E-state index contributed by atoms with van der Waals surface area (Å²) in [5, 5.41) is 14.9. The number of hydrogen-bond acceptors (Lipinski definition) is 5. The number of carbonyl (C=O) groups is 1. The molecule has 0 fully saturated rings. The zero-order chi connectivity index (χ0) is 16.9. The summed E-state index contributed by atoms with van der Waals surface area (Å²) in [6, 6.07) is 15.2. The van der Waals surface area contributed by atoms with Gasteiger partial charge in [0.1, 0.15) is 6.54 Å². The highest BCUT2D eigenvalue weighted by molar-refractivity contribution is 5.75. The molecule has 0 unspecified atom stereocenters. The summed E-state index contributed by atoms with van der Waals surface area (Å²) in [6.07, 6.45) is 0. The fourth-order valence-electron chi connectivity index (χ4n) is 2.15. The molecule has 1 heterocycles. The summed E-state index contributed by atoms with van der Waals surface area (Å²) < 4.78 is 0. The highest BCUT2D eigenvalue weighted by atomic mass is 16.2. The van der Waals surface area contributed by atoms with Crippen molar-refractivity contribution in [3.63, 3.8) is 0 Å². The number of hydrogen-bond donors (Lipinski definition) is 2. The van der Waals surface area contributed by atoms with Crippen LogP contribution in [0.2, 0.25) is 0 Å². The van der Waals surface area contributed by atoms with Gasteiger partial charge in [-0.05, 0) is 42.0 Å². The number of amides is 1. The van der Waals surface area contributed by atoms with Gasteiger partial charge in [-0.1, -0.05) is 29.8 Å². The van der Waals surface area contributed by atoms with Crippen molar-refractivity contribution in [1.29, 1.82) is 0 Å². The topological polar surface area (TPSA) is 98.7 Å². The van der Waals surface area contributed by atoms with Crippen molar-refractivity contribution in [2.24, 2.45) is 0 Å². The lowest BCUT2D eigenvalue weighted by Gasteiger charge is -2.05. The first-order chi connectivity index (χ1) is 11.6. The monoisotopic (exact) mass is 322 g/mol. The largest absolute Gasteiger partial charge is 0.399 e. The third-order valence-electron chi connectivity index (χ3n) is 3.52. The van der Waals surface area contributed by atoms with Crippen LogP contribution in [0.25, 0.3) is 11.4 Å². The molecule has 0 atom stereocenters. The molecule has 3 N–H and O–H groups in total. The lowest BCUT2D eigenvalue weighted by atomic mass is 10.1. The Morgan fingerprint density at radius 2 is 1.83 bits per heavy atom. The molecular formula is C17H18N6O. The SMILES string of the molecule is Cc1ccc(CNC(=O)Cn2nnc(-c3ccc(N)cc3)n2)cc1. The normalized spacial score (nSPS) is 10.5. The van der Waals surface area contributed by atoms with Crippen LogP contribution in [0.15, 0.2) is 48.5 Å². The first kappa shape index (κ1) is 15.7. The lowest BCUT2D eigenvalue weighted by molar-refractivity contribution is -0.122. The Morgan fingerprint density at radius 1 is 1.12 bits per heavy atom. The highest BCUT2D eigenvalue weighted by Crippen LogP contribution is 2.15. The summed E-state index contributed by atoms with van der Waals surface area (Å²) in [7, 11) is 0. The van der Waals surface area contributed by atoms with Crippen molar-refractivity contribution in [1.82, 2.24) is 25.5 Å². The Labute approximate surface area is 139 Å². The second-order valence-corrected chi connectivity index (χ2v) is 5.53. The van der Waals surface area contributed by atoms with Gasteiger partial charge in [-0.2, -0.15) is 4.80 Å². The Bertz CT molecular complexity index is 823. The molecule has 2 aromatic carbocycles. The average Bonchev–Trinajstić information content (AvgIpc) is 3.03. The van der Waals surface area contributed by atoms with Crippen LogP contribution < -0.4 is 11.1 Å². The summed E-state index contributed by atoms with van der Waals surface area (Å²) in [6.45, 7) is 2.52. The van der Waals surface area contributed by atoms with E-state index < -0.39 is 0 Å². The number of benzene rings is 2. The van der Waals surface area contributed by atoms with E-state index in [1.807, 2.05) is 43.3 Å². The predicted molar refractivity (Wildman–Crippen MR) is 90.7 cm³/mol. The average molecular weight is 322 g/mol. The highest BCUT2D eigenvalue weighted by Gasteiger charge is 2.09. The maximum atomic E-state index is 12.0. The molecule has 1 aromatic heterocycles. The summed E-state index contributed by atoms with van der Waals surface area (Å²) in [5.74, 6) is 0.290. The van der Waals surface area contributed by atoms with Crippen molar-refractivity contribution in [3.05, 3.63) is 59.7 Å². The molecule has 0 saturated heterocycles. The van der Waals surface area contributed by atoms with E-state index in [-0.39, 0.29) is 12.5 Å². The summed E-state index contributed by atoms with van der Waals surface area (Å²) >= 11 is 0. The molecule has 1 amide bonds. The van der Waals surface area contributed by atoms with Gasteiger partial charge in [0.05, 0.1) is 0 Å². The van der Waals surface area contributed by atoms with Gasteiger partial charge in [-0.25, -0.2) is 0 Å². The molecule has 7 heteroatoms. The second kappa shape index (κ2) is 6.91. The zero-order valence-electron chi connectivity index (χ0n) is 13.3. The van der Waals surface area contributed by atoms with Gasteiger partial charge in [0.2, 0.25) is 11.7 Å². The first-order valence-electron chi connectivity index (χ1n) is 7.56. The molecule has 24 heavy (non-hydrogen) atoms. The number of anilines is 1. The molecule has 0 radical (unpaired) electrons. The Balaban J connectivity index is 1.57. The Hall–Kier alpha value is -3.22. The predicted octanol–water partition coefficient (Wildman–Crippen LogP) is 1.55. The van der Waals surface area contributed by atoms with Gasteiger partial charge in [-0.3, -0.25) is 4.79 Å². The quantitative estimate of drug-likeness (QED) is 0.694. The van der Waals surface area contributed by atoms with E-state index in [1.165, 1.54) is 10.4 Å². The second-order valence-electron chi connectivity index (χ2n) is 5.53. The molecule has 122 valence electrons. The van der Waals surface area contributed by atoms with E-state index in [0.29, 0.717) is 18.1 Å². The van der Waals surface area contributed by atoms with Crippen LogP contribution >= 0.6 is 0 Å². The van der Waals surface area contributed by atoms with Crippen molar-refractivity contribution in [3.8, 4) is 11.4 Å². The number of rotatable bonds is 5. The van der Waals surface area contributed by atoms with Crippen LogP contribution in [-0.4, -0.2) is 26.1 Å². The summed E-state index contributed by atoms with van der Waals surface area (Å²) in [5.41, 5.74) is 9.35. The van der Waals surface area contributed by atoms with Gasteiger partial charge < -0.3 is 11.1 Å². The number of aryl methyl sites for hydroxylation is 1. The van der Waals surface area contributed by atoms with E-state index in [1.54, 1.807) is 12.1 Å². The maximum Gasteiger partial charge on any atom is 0.243 e. The van der Waals surface area contributed by atoms with Crippen molar-refractivity contribution < 1.29 is 4.79 Å². The van der Waals surface area contributed by atoms with Crippen molar-refractivity contribution in [2.45, 2.75) is 20.0 Å². The van der Waals surface area contributed by atoms with Crippen LogP contribution in [-0.2, 0) is 17.9 Å². The number of aromatic nitrogens is 4. The fourth-order valence-corrected chi connectivity index (χ4v) is 2.15. The van der Waals surface area contributed by atoms with Crippen molar-refractivity contribution in [2.75, 3.05) is 5.73 Å². The third kappa shape index (κ3) is 3.95. The molecule has 3 aromatic rings. The number of nitrogens with one attached hydrogen (secondary N) is 1. The minimum absolute atomic E-state index is 0.0217. The van der Waals surface area contributed by atoms with Gasteiger partial charge in [0.25, 0.3) is 0 Å². The molecule has 0 bridgehead atoms. The van der Waals surface area contributed by atoms with E-state index in [4.69, 9.17) is 5.73 Å². The minimum atomic E-state index is -0.170. The molecule has 3 rings (SSSR count). The van der Waals surface area contributed by atoms with E-state index in [9.17, 15) is 4.79 Å². The molecule has 0 saturated carbocycles. The lowest BCUT2D eigenvalue weighted by Crippen LogP contribution is -2.28.